The van der Waals surface area contributed by atoms with Crippen LogP contribution in [0.15, 0.2) is 12.3 Å². The minimum Gasteiger partial charge on any atom is -0.369 e. The van der Waals surface area contributed by atoms with Crippen LogP contribution in [-0.2, 0) is 6.54 Å². The molecular weight excluding hydrogens is 250 g/mol. The maximum Gasteiger partial charge on any atom is 0.202 e. The van der Waals surface area contributed by atoms with E-state index in [0.29, 0.717) is 11.9 Å². The molecule has 3 rings (SSSR count). The summed E-state index contributed by atoms with van der Waals surface area (Å²) in [6, 6.07) is 1.98. The number of pyridine rings is 1. The van der Waals surface area contributed by atoms with E-state index in [9.17, 15) is 0 Å². The molecule has 1 aliphatic heterocycles. The van der Waals surface area contributed by atoms with Gasteiger partial charge in [0.2, 0.25) is 5.95 Å². The Bertz CT molecular complexity index is 596. The average molecular weight is 273 g/mol. The van der Waals surface area contributed by atoms with Crippen molar-refractivity contribution in [1.82, 2.24) is 19.4 Å². The number of aromatic nitrogens is 3. The lowest BCUT2D eigenvalue weighted by molar-refractivity contribution is 0.182. The molecule has 0 aliphatic carbocycles. The van der Waals surface area contributed by atoms with Gasteiger partial charge in [0.1, 0.15) is 5.52 Å². The fourth-order valence-electron chi connectivity index (χ4n) is 3.08. The zero-order valence-corrected chi connectivity index (χ0v) is 12.3. The molecular formula is C15H23N5. The molecule has 0 amide bonds. The van der Waals surface area contributed by atoms with Crippen LogP contribution in [0.1, 0.15) is 25.3 Å². The summed E-state index contributed by atoms with van der Waals surface area (Å²) in [6.45, 7) is 8.77. The SMILES string of the molecule is CCN1CCC(Cn2c(N)nc3c(C)ccnc32)CC1. The highest BCUT2D eigenvalue weighted by Gasteiger charge is 2.21. The Morgan fingerprint density at radius 2 is 2.10 bits per heavy atom. The number of nitrogen functional groups attached to an aromatic ring is 1. The Labute approximate surface area is 119 Å². The summed E-state index contributed by atoms with van der Waals surface area (Å²) in [6.07, 6.45) is 4.31. The minimum atomic E-state index is 0.597. The standard InChI is InChI=1S/C15H23N5/c1-3-19-8-5-12(6-9-19)10-20-14-13(18-15(20)16)11(2)4-7-17-14/h4,7,12H,3,5-6,8-10H2,1-2H3,(H2,16,18). The predicted octanol–water partition coefficient (Wildman–Crippen LogP) is 2.05. The number of fused-ring (bicyclic) bond motifs is 1. The summed E-state index contributed by atoms with van der Waals surface area (Å²) < 4.78 is 2.09. The summed E-state index contributed by atoms with van der Waals surface area (Å²) in [5.74, 6) is 1.28. The van der Waals surface area contributed by atoms with Crippen molar-refractivity contribution in [3.63, 3.8) is 0 Å². The fraction of sp³-hybridized carbons (Fsp3) is 0.600. The van der Waals surface area contributed by atoms with E-state index in [1.807, 2.05) is 12.3 Å². The van der Waals surface area contributed by atoms with Crippen LogP contribution in [0.25, 0.3) is 11.2 Å². The number of nitrogens with two attached hydrogens (primary N) is 1. The maximum atomic E-state index is 6.09. The first kappa shape index (κ1) is 13.4. The summed E-state index contributed by atoms with van der Waals surface area (Å²) >= 11 is 0. The van der Waals surface area contributed by atoms with Gasteiger partial charge in [0.25, 0.3) is 0 Å². The Kier molecular flexibility index (Phi) is 3.61. The number of anilines is 1. The van der Waals surface area contributed by atoms with Gasteiger partial charge in [-0.15, -0.1) is 0 Å². The van der Waals surface area contributed by atoms with Gasteiger partial charge in [-0.05, 0) is 56.9 Å². The number of piperidine rings is 1. The summed E-state index contributed by atoms with van der Waals surface area (Å²) in [5.41, 5.74) is 9.11. The summed E-state index contributed by atoms with van der Waals surface area (Å²) in [7, 11) is 0. The van der Waals surface area contributed by atoms with E-state index in [0.717, 1.165) is 29.8 Å². The van der Waals surface area contributed by atoms with Crippen LogP contribution in [0.4, 0.5) is 5.95 Å². The zero-order chi connectivity index (χ0) is 14.1. The van der Waals surface area contributed by atoms with Crippen LogP contribution >= 0.6 is 0 Å². The van der Waals surface area contributed by atoms with E-state index in [4.69, 9.17) is 5.73 Å². The van der Waals surface area contributed by atoms with Gasteiger partial charge in [0, 0.05) is 12.7 Å². The number of nitrogens with zero attached hydrogens (tertiary/aromatic N) is 4. The lowest BCUT2D eigenvalue weighted by Crippen LogP contribution is -2.34. The molecule has 0 unspecified atom stereocenters. The largest absolute Gasteiger partial charge is 0.369 e. The second kappa shape index (κ2) is 5.40. The van der Waals surface area contributed by atoms with Crippen molar-refractivity contribution in [3.05, 3.63) is 17.8 Å². The van der Waals surface area contributed by atoms with E-state index in [1.54, 1.807) is 0 Å². The molecule has 5 nitrogen and oxygen atoms in total. The molecule has 1 saturated heterocycles. The third-order valence-corrected chi connectivity index (χ3v) is 4.46. The molecule has 0 atom stereocenters. The highest BCUT2D eigenvalue weighted by molar-refractivity contribution is 5.77. The highest BCUT2D eigenvalue weighted by Crippen LogP contribution is 2.24. The van der Waals surface area contributed by atoms with Gasteiger partial charge in [0.05, 0.1) is 0 Å². The van der Waals surface area contributed by atoms with Crippen molar-refractivity contribution in [3.8, 4) is 0 Å². The molecule has 5 heteroatoms. The smallest absolute Gasteiger partial charge is 0.202 e. The molecule has 0 radical (unpaired) electrons. The molecule has 1 aliphatic rings. The summed E-state index contributed by atoms with van der Waals surface area (Å²) in [5, 5.41) is 0. The average Bonchev–Trinajstić information content (AvgIpc) is 2.78. The number of hydrogen-bond acceptors (Lipinski definition) is 4. The second-order valence-corrected chi connectivity index (χ2v) is 5.76. The third-order valence-electron chi connectivity index (χ3n) is 4.46. The van der Waals surface area contributed by atoms with E-state index in [1.165, 1.54) is 25.9 Å². The van der Waals surface area contributed by atoms with E-state index >= 15 is 0 Å². The van der Waals surface area contributed by atoms with Gasteiger partial charge in [0.15, 0.2) is 5.65 Å². The molecule has 0 spiro atoms. The van der Waals surface area contributed by atoms with Gasteiger partial charge in [-0.2, -0.15) is 0 Å². The zero-order valence-electron chi connectivity index (χ0n) is 12.3. The molecule has 3 heterocycles. The molecule has 2 aromatic rings. The predicted molar refractivity (Wildman–Crippen MR) is 81.5 cm³/mol. The highest BCUT2D eigenvalue weighted by atomic mass is 15.2. The monoisotopic (exact) mass is 273 g/mol. The summed E-state index contributed by atoms with van der Waals surface area (Å²) in [4.78, 5) is 11.5. The fourth-order valence-corrected chi connectivity index (χ4v) is 3.08. The van der Waals surface area contributed by atoms with E-state index in [2.05, 4.69) is 33.3 Å². The number of rotatable bonds is 3. The van der Waals surface area contributed by atoms with Crippen molar-refractivity contribution < 1.29 is 0 Å². The van der Waals surface area contributed by atoms with Crippen LogP contribution < -0.4 is 5.73 Å². The molecule has 0 aromatic carbocycles. The third kappa shape index (κ3) is 2.38. The van der Waals surface area contributed by atoms with Gasteiger partial charge < -0.3 is 10.6 Å². The lowest BCUT2D eigenvalue weighted by Gasteiger charge is -2.31. The second-order valence-electron chi connectivity index (χ2n) is 5.76. The molecule has 1 fully saturated rings. The van der Waals surface area contributed by atoms with Crippen molar-refractivity contribution in [1.29, 1.82) is 0 Å². The van der Waals surface area contributed by atoms with Gasteiger partial charge in [-0.25, -0.2) is 9.97 Å². The van der Waals surface area contributed by atoms with Crippen molar-refractivity contribution in [2.24, 2.45) is 5.92 Å². The Balaban J connectivity index is 1.81. The Hall–Kier alpha value is -1.62. The topological polar surface area (TPSA) is 60.0 Å². The molecule has 2 N–H and O–H groups in total. The van der Waals surface area contributed by atoms with Crippen molar-refractivity contribution in [2.45, 2.75) is 33.2 Å². The van der Waals surface area contributed by atoms with Crippen LogP contribution in [0.5, 0.6) is 0 Å². The quantitative estimate of drug-likeness (QED) is 0.930. The van der Waals surface area contributed by atoms with Crippen LogP contribution in [-0.4, -0.2) is 39.1 Å². The number of aryl methyl sites for hydroxylation is 1. The van der Waals surface area contributed by atoms with Gasteiger partial charge >= 0.3 is 0 Å². The molecule has 20 heavy (non-hydrogen) atoms. The number of imidazole rings is 1. The Morgan fingerprint density at radius 1 is 1.35 bits per heavy atom. The molecule has 0 bridgehead atoms. The van der Waals surface area contributed by atoms with Gasteiger partial charge in [-0.1, -0.05) is 6.92 Å². The molecule has 0 saturated carbocycles. The van der Waals surface area contributed by atoms with Crippen LogP contribution in [0, 0.1) is 12.8 Å². The van der Waals surface area contributed by atoms with Crippen molar-refractivity contribution >= 4 is 17.1 Å². The first-order chi connectivity index (χ1) is 9.69. The van der Waals surface area contributed by atoms with Crippen LogP contribution in [0.3, 0.4) is 0 Å². The van der Waals surface area contributed by atoms with Gasteiger partial charge in [-0.3, -0.25) is 4.57 Å². The minimum absolute atomic E-state index is 0.597. The van der Waals surface area contributed by atoms with Crippen LogP contribution in [0.2, 0.25) is 0 Å². The van der Waals surface area contributed by atoms with E-state index < -0.39 is 0 Å². The number of hydrogen-bond donors (Lipinski definition) is 1. The maximum absolute atomic E-state index is 6.09. The van der Waals surface area contributed by atoms with Crippen molar-refractivity contribution in [2.75, 3.05) is 25.4 Å². The lowest BCUT2D eigenvalue weighted by atomic mass is 9.97. The molecule has 108 valence electrons. The molecule has 2 aromatic heterocycles. The first-order valence-electron chi connectivity index (χ1n) is 7.48. The normalized spacial score (nSPS) is 17.9. The van der Waals surface area contributed by atoms with E-state index in [-0.39, 0.29) is 0 Å². The Morgan fingerprint density at radius 3 is 2.80 bits per heavy atom. The number of likely N-dealkylation sites (tertiary alicyclic amines) is 1. The first-order valence-corrected chi connectivity index (χ1v) is 7.48.